The van der Waals surface area contributed by atoms with Crippen molar-refractivity contribution >= 4 is 22.9 Å². The minimum absolute atomic E-state index is 0.114. The number of carbonyl (C=O) groups is 1. The third kappa shape index (κ3) is 3.07. The molecule has 0 saturated carbocycles. The molecule has 1 aromatic carbocycles. The van der Waals surface area contributed by atoms with Gasteiger partial charge >= 0.3 is 0 Å². The van der Waals surface area contributed by atoms with Crippen molar-refractivity contribution in [1.82, 2.24) is 0 Å². The summed E-state index contributed by atoms with van der Waals surface area (Å²) < 4.78 is 18.0. The van der Waals surface area contributed by atoms with E-state index in [9.17, 15) is 9.18 Å². The summed E-state index contributed by atoms with van der Waals surface area (Å²) in [6, 6.07) is 6.12. The van der Waals surface area contributed by atoms with Crippen LogP contribution in [-0.2, 0) is 11.2 Å². The molecular weight excluding hydrogens is 253 g/mol. The predicted octanol–water partition coefficient (Wildman–Crippen LogP) is 3.08. The summed E-state index contributed by atoms with van der Waals surface area (Å²) in [6.45, 7) is 0. The van der Waals surface area contributed by atoms with Crippen molar-refractivity contribution in [3.63, 3.8) is 0 Å². The van der Waals surface area contributed by atoms with Gasteiger partial charge in [-0.25, -0.2) is 4.39 Å². The maximum atomic E-state index is 13.2. The number of carbonyl (C=O) groups excluding carboxylic acids is 1. The zero-order valence-electron chi connectivity index (χ0n) is 9.77. The van der Waals surface area contributed by atoms with Crippen LogP contribution in [0.25, 0.3) is 0 Å². The van der Waals surface area contributed by atoms with Crippen LogP contribution in [0.4, 0.5) is 10.1 Å². The molecule has 2 rings (SSSR count). The van der Waals surface area contributed by atoms with Crippen LogP contribution in [0.2, 0.25) is 0 Å². The first kappa shape index (κ1) is 12.6. The summed E-state index contributed by atoms with van der Waals surface area (Å²) in [5, 5.41) is 6.54. The molecule has 0 radical (unpaired) electrons. The van der Waals surface area contributed by atoms with Crippen LogP contribution in [0.15, 0.2) is 35.0 Å². The van der Waals surface area contributed by atoms with E-state index in [-0.39, 0.29) is 11.7 Å². The van der Waals surface area contributed by atoms with Crippen LogP contribution in [0.5, 0.6) is 5.75 Å². The normalized spacial score (nSPS) is 10.1. The zero-order valence-corrected chi connectivity index (χ0v) is 10.6. The quantitative estimate of drug-likeness (QED) is 0.922. The Morgan fingerprint density at radius 1 is 1.44 bits per heavy atom. The van der Waals surface area contributed by atoms with Crippen molar-refractivity contribution in [2.45, 2.75) is 6.42 Å². The van der Waals surface area contributed by atoms with E-state index < -0.39 is 5.82 Å². The Kier molecular flexibility index (Phi) is 3.94. The molecule has 0 aliphatic carbocycles. The summed E-state index contributed by atoms with van der Waals surface area (Å²) >= 11 is 1.55. The van der Waals surface area contributed by atoms with Crippen molar-refractivity contribution in [2.24, 2.45) is 0 Å². The molecule has 0 aliphatic heterocycles. The Balaban J connectivity index is 2.03. The highest BCUT2D eigenvalue weighted by atomic mass is 32.1. The van der Waals surface area contributed by atoms with E-state index in [0.717, 1.165) is 5.56 Å². The fraction of sp³-hybridized carbons (Fsp3) is 0.154. The number of methoxy groups -OCH3 is 1. The fourth-order valence-corrected chi connectivity index (χ4v) is 2.19. The number of ether oxygens (including phenoxy) is 1. The van der Waals surface area contributed by atoms with Gasteiger partial charge in [-0.05, 0) is 34.5 Å². The Bertz CT molecular complexity index is 540. The van der Waals surface area contributed by atoms with Crippen LogP contribution < -0.4 is 10.1 Å². The van der Waals surface area contributed by atoms with Gasteiger partial charge in [0, 0.05) is 11.8 Å². The predicted molar refractivity (Wildman–Crippen MR) is 69.6 cm³/mol. The standard InChI is InChI=1S/C13H12FNO2S/c1-17-12-7-10(2-3-11(12)14)15-13(16)6-9-4-5-18-8-9/h2-5,7-8H,6H2,1H3,(H,15,16). The molecule has 0 atom stereocenters. The second-order valence-electron chi connectivity index (χ2n) is 3.71. The number of anilines is 1. The maximum Gasteiger partial charge on any atom is 0.228 e. The highest BCUT2D eigenvalue weighted by Crippen LogP contribution is 2.21. The Labute approximate surface area is 108 Å². The molecular formula is C13H12FNO2S. The molecule has 1 heterocycles. The molecule has 0 bridgehead atoms. The van der Waals surface area contributed by atoms with E-state index in [1.807, 2.05) is 16.8 Å². The van der Waals surface area contributed by atoms with Crippen LogP contribution in [-0.4, -0.2) is 13.0 Å². The SMILES string of the molecule is COc1cc(NC(=O)Cc2ccsc2)ccc1F. The molecule has 1 N–H and O–H groups in total. The van der Waals surface area contributed by atoms with Gasteiger partial charge in [-0.15, -0.1) is 0 Å². The molecule has 0 aliphatic rings. The third-order valence-corrected chi connectivity index (χ3v) is 3.11. The van der Waals surface area contributed by atoms with Gasteiger partial charge < -0.3 is 10.1 Å². The number of nitrogens with one attached hydrogen (secondary N) is 1. The van der Waals surface area contributed by atoms with Crippen molar-refractivity contribution < 1.29 is 13.9 Å². The minimum Gasteiger partial charge on any atom is -0.494 e. The number of halogens is 1. The van der Waals surface area contributed by atoms with Gasteiger partial charge in [-0.1, -0.05) is 0 Å². The Morgan fingerprint density at radius 3 is 2.94 bits per heavy atom. The van der Waals surface area contributed by atoms with Gasteiger partial charge in [0.05, 0.1) is 13.5 Å². The molecule has 0 saturated heterocycles. The number of rotatable bonds is 4. The highest BCUT2D eigenvalue weighted by molar-refractivity contribution is 7.08. The van der Waals surface area contributed by atoms with E-state index in [0.29, 0.717) is 12.1 Å². The molecule has 2 aromatic rings. The lowest BCUT2D eigenvalue weighted by Crippen LogP contribution is -2.14. The first-order chi connectivity index (χ1) is 8.69. The molecule has 1 aromatic heterocycles. The monoisotopic (exact) mass is 265 g/mol. The second kappa shape index (κ2) is 5.64. The number of hydrogen-bond donors (Lipinski definition) is 1. The lowest BCUT2D eigenvalue weighted by atomic mass is 10.2. The summed E-state index contributed by atoms with van der Waals surface area (Å²) in [4.78, 5) is 11.7. The van der Waals surface area contributed by atoms with Crippen molar-refractivity contribution in [2.75, 3.05) is 12.4 Å². The number of amides is 1. The highest BCUT2D eigenvalue weighted by Gasteiger charge is 2.07. The van der Waals surface area contributed by atoms with E-state index in [4.69, 9.17) is 4.74 Å². The average Bonchev–Trinajstić information content (AvgIpc) is 2.84. The summed E-state index contributed by atoms with van der Waals surface area (Å²) in [5.41, 5.74) is 1.49. The van der Waals surface area contributed by atoms with Crippen molar-refractivity contribution in [3.8, 4) is 5.75 Å². The van der Waals surface area contributed by atoms with E-state index in [2.05, 4.69) is 5.32 Å². The summed E-state index contributed by atoms with van der Waals surface area (Å²) in [5.74, 6) is -0.473. The molecule has 0 fully saturated rings. The van der Waals surface area contributed by atoms with Crippen molar-refractivity contribution in [3.05, 3.63) is 46.4 Å². The molecule has 3 nitrogen and oxygen atoms in total. The van der Waals surface area contributed by atoms with Crippen LogP contribution >= 0.6 is 11.3 Å². The van der Waals surface area contributed by atoms with Crippen LogP contribution in [0.1, 0.15) is 5.56 Å². The number of hydrogen-bond acceptors (Lipinski definition) is 3. The van der Waals surface area contributed by atoms with Gasteiger partial charge in [-0.3, -0.25) is 4.79 Å². The van der Waals surface area contributed by atoms with E-state index >= 15 is 0 Å². The first-order valence-electron chi connectivity index (χ1n) is 5.33. The number of benzene rings is 1. The van der Waals surface area contributed by atoms with Crippen molar-refractivity contribution in [1.29, 1.82) is 0 Å². The molecule has 1 amide bonds. The second-order valence-corrected chi connectivity index (χ2v) is 4.49. The van der Waals surface area contributed by atoms with E-state index in [1.165, 1.54) is 25.3 Å². The third-order valence-electron chi connectivity index (χ3n) is 2.38. The first-order valence-corrected chi connectivity index (χ1v) is 6.28. The molecule has 0 unspecified atom stereocenters. The summed E-state index contributed by atoms with van der Waals surface area (Å²) in [6.07, 6.45) is 0.309. The van der Waals surface area contributed by atoms with E-state index in [1.54, 1.807) is 11.3 Å². The maximum absolute atomic E-state index is 13.2. The lowest BCUT2D eigenvalue weighted by molar-refractivity contribution is -0.115. The van der Waals surface area contributed by atoms with Gasteiger partial charge in [0.2, 0.25) is 5.91 Å². The van der Waals surface area contributed by atoms with Gasteiger partial charge in [0.15, 0.2) is 11.6 Å². The summed E-state index contributed by atoms with van der Waals surface area (Å²) in [7, 11) is 1.38. The van der Waals surface area contributed by atoms with Crippen LogP contribution in [0.3, 0.4) is 0 Å². The Morgan fingerprint density at radius 2 is 2.28 bits per heavy atom. The topological polar surface area (TPSA) is 38.3 Å². The minimum atomic E-state index is -0.451. The molecule has 94 valence electrons. The lowest BCUT2D eigenvalue weighted by Gasteiger charge is -2.07. The molecule has 5 heteroatoms. The largest absolute Gasteiger partial charge is 0.494 e. The smallest absolute Gasteiger partial charge is 0.228 e. The number of thiophene rings is 1. The molecule has 18 heavy (non-hydrogen) atoms. The molecule has 0 spiro atoms. The zero-order chi connectivity index (χ0) is 13.0. The van der Waals surface area contributed by atoms with Gasteiger partial charge in [0.25, 0.3) is 0 Å². The fourth-order valence-electron chi connectivity index (χ4n) is 1.52. The average molecular weight is 265 g/mol. The van der Waals surface area contributed by atoms with Gasteiger partial charge in [0.1, 0.15) is 0 Å². The van der Waals surface area contributed by atoms with Gasteiger partial charge in [-0.2, -0.15) is 11.3 Å². The van der Waals surface area contributed by atoms with Crippen LogP contribution in [0, 0.1) is 5.82 Å². The Hall–Kier alpha value is -1.88.